The van der Waals surface area contributed by atoms with Crippen molar-refractivity contribution in [1.82, 2.24) is 15.5 Å². The summed E-state index contributed by atoms with van der Waals surface area (Å²) in [7, 11) is 0. The van der Waals surface area contributed by atoms with Gasteiger partial charge in [0.05, 0.1) is 6.54 Å². The van der Waals surface area contributed by atoms with E-state index in [1.807, 2.05) is 13.8 Å². The number of carbonyl (C=O) groups excluding carboxylic acids is 2. The molecule has 1 heterocycles. The minimum atomic E-state index is -0.0205. The second-order valence-corrected chi connectivity index (χ2v) is 5.03. The van der Waals surface area contributed by atoms with Crippen LogP contribution in [0.5, 0.6) is 0 Å². The first kappa shape index (κ1) is 16.0. The number of likely N-dealkylation sites (N-methyl/N-ethyl adjacent to an activating group) is 1. The molecule has 0 spiro atoms. The molecule has 1 saturated heterocycles. The van der Waals surface area contributed by atoms with E-state index >= 15 is 0 Å². The van der Waals surface area contributed by atoms with Crippen molar-refractivity contribution in [3.8, 4) is 0 Å². The first-order valence-electron chi connectivity index (χ1n) is 7.45. The third-order valence-corrected chi connectivity index (χ3v) is 3.69. The molecular weight excluding hydrogens is 242 g/mol. The van der Waals surface area contributed by atoms with E-state index in [9.17, 15) is 9.59 Å². The monoisotopic (exact) mass is 269 g/mol. The van der Waals surface area contributed by atoms with Gasteiger partial charge in [0, 0.05) is 25.6 Å². The molecule has 0 aliphatic carbocycles. The Hall–Kier alpha value is -1.10. The van der Waals surface area contributed by atoms with E-state index in [0.29, 0.717) is 25.6 Å². The first-order valence-corrected chi connectivity index (χ1v) is 7.45. The minimum Gasteiger partial charge on any atom is -0.347 e. The number of nitrogens with zero attached hydrogens (tertiary/aromatic N) is 1. The van der Waals surface area contributed by atoms with Crippen molar-refractivity contribution in [3.05, 3.63) is 0 Å². The third-order valence-electron chi connectivity index (χ3n) is 3.69. The number of rotatable bonds is 7. The minimum absolute atomic E-state index is 0.00542. The van der Waals surface area contributed by atoms with Crippen molar-refractivity contribution in [2.75, 3.05) is 26.2 Å². The average molecular weight is 269 g/mol. The van der Waals surface area contributed by atoms with Gasteiger partial charge in [-0.1, -0.05) is 6.42 Å². The molecule has 0 aromatic rings. The molecule has 1 rings (SSSR count). The van der Waals surface area contributed by atoms with Gasteiger partial charge in [-0.05, 0) is 39.7 Å². The predicted molar refractivity (Wildman–Crippen MR) is 75.8 cm³/mol. The molecule has 110 valence electrons. The van der Waals surface area contributed by atoms with Crippen LogP contribution in [0.1, 0.15) is 46.0 Å². The van der Waals surface area contributed by atoms with Crippen LogP contribution < -0.4 is 10.6 Å². The van der Waals surface area contributed by atoms with Gasteiger partial charge < -0.3 is 15.5 Å². The Balaban J connectivity index is 2.14. The second-order valence-electron chi connectivity index (χ2n) is 5.03. The molecule has 0 aromatic carbocycles. The Bertz CT molecular complexity index is 284. The van der Waals surface area contributed by atoms with Crippen LogP contribution in [0, 0.1) is 0 Å². The summed E-state index contributed by atoms with van der Waals surface area (Å²) < 4.78 is 0. The number of amides is 2. The van der Waals surface area contributed by atoms with E-state index in [4.69, 9.17) is 0 Å². The maximum Gasteiger partial charge on any atom is 0.241 e. The quantitative estimate of drug-likeness (QED) is 0.721. The van der Waals surface area contributed by atoms with Gasteiger partial charge in [0.15, 0.2) is 0 Å². The Labute approximate surface area is 116 Å². The van der Waals surface area contributed by atoms with Gasteiger partial charge >= 0.3 is 0 Å². The normalized spacial score (nSPS) is 18.9. The average Bonchev–Trinajstić information content (AvgIpc) is 2.45. The Morgan fingerprint density at radius 2 is 2.00 bits per heavy atom. The molecule has 1 unspecified atom stereocenters. The fourth-order valence-electron chi connectivity index (χ4n) is 2.43. The molecule has 0 aromatic heterocycles. The lowest BCUT2D eigenvalue weighted by molar-refractivity contribution is -0.132. The molecule has 1 fully saturated rings. The molecule has 0 saturated carbocycles. The van der Waals surface area contributed by atoms with Crippen LogP contribution in [0.2, 0.25) is 0 Å². The molecule has 5 nitrogen and oxygen atoms in total. The molecule has 1 aliphatic rings. The number of carbonyl (C=O) groups is 2. The van der Waals surface area contributed by atoms with Crippen molar-refractivity contribution in [2.24, 2.45) is 0 Å². The Kier molecular flexibility index (Phi) is 7.48. The zero-order valence-electron chi connectivity index (χ0n) is 12.2. The number of hydrogen-bond acceptors (Lipinski definition) is 3. The fraction of sp³-hybridized carbons (Fsp3) is 0.857. The van der Waals surface area contributed by atoms with Gasteiger partial charge in [0.2, 0.25) is 11.8 Å². The highest BCUT2D eigenvalue weighted by atomic mass is 16.2. The number of nitrogens with one attached hydrogen (secondary N) is 2. The second kappa shape index (κ2) is 8.91. The van der Waals surface area contributed by atoms with Crippen molar-refractivity contribution in [2.45, 2.75) is 52.0 Å². The van der Waals surface area contributed by atoms with Crippen LogP contribution in [0.25, 0.3) is 0 Å². The predicted octanol–water partition coefficient (Wildman–Crippen LogP) is 0.893. The summed E-state index contributed by atoms with van der Waals surface area (Å²) in [6.07, 6.45) is 5.01. The summed E-state index contributed by atoms with van der Waals surface area (Å²) in [4.78, 5) is 25.1. The topological polar surface area (TPSA) is 61.4 Å². The first-order chi connectivity index (χ1) is 9.17. The van der Waals surface area contributed by atoms with E-state index in [-0.39, 0.29) is 18.4 Å². The standard InChI is InChI=1S/C14H27N3O2/c1-3-17(4-2)14(19)11-16-13(18)9-8-12-7-5-6-10-15-12/h12,15H,3-11H2,1-2H3,(H,16,18). The van der Waals surface area contributed by atoms with E-state index in [0.717, 1.165) is 19.4 Å². The van der Waals surface area contributed by atoms with E-state index in [2.05, 4.69) is 10.6 Å². The maximum absolute atomic E-state index is 11.7. The summed E-state index contributed by atoms with van der Waals surface area (Å²) in [5, 5.41) is 6.13. The summed E-state index contributed by atoms with van der Waals surface area (Å²) in [5.41, 5.74) is 0. The summed E-state index contributed by atoms with van der Waals surface area (Å²) in [6.45, 7) is 6.45. The van der Waals surface area contributed by atoms with Crippen LogP contribution in [0.3, 0.4) is 0 Å². The molecule has 19 heavy (non-hydrogen) atoms. The van der Waals surface area contributed by atoms with Gasteiger partial charge in [0.25, 0.3) is 0 Å². The van der Waals surface area contributed by atoms with Gasteiger partial charge in [-0.2, -0.15) is 0 Å². The summed E-state index contributed by atoms with van der Waals surface area (Å²) in [6, 6.07) is 0.470. The molecule has 2 amide bonds. The Morgan fingerprint density at radius 3 is 2.58 bits per heavy atom. The zero-order valence-corrected chi connectivity index (χ0v) is 12.2. The van der Waals surface area contributed by atoms with E-state index < -0.39 is 0 Å². The zero-order chi connectivity index (χ0) is 14.1. The molecule has 0 bridgehead atoms. The van der Waals surface area contributed by atoms with Crippen molar-refractivity contribution < 1.29 is 9.59 Å². The van der Waals surface area contributed by atoms with Crippen molar-refractivity contribution in [3.63, 3.8) is 0 Å². The van der Waals surface area contributed by atoms with E-state index in [1.165, 1.54) is 12.8 Å². The lowest BCUT2D eigenvalue weighted by atomic mass is 10.0. The van der Waals surface area contributed by atoms with E-state index in [1.54, 1.807) is 4.90 Å². The lowest BCUT2D eigenvalue weighted by Crippen LogP contribution is -2.40. The molecular formula is C14H27N3O2. The van der Waals surface area contributed by atoms with Crippen LogP contribution >= 0.6 is 0 Å². The SMILES string of the molecule is CCN(CC)C(=O)CNC(=O)CCC1CCCCN1. The molecule has 1 atom stereocenters. The molecule has 5 heteroatoms. The smallest absolute Gasteiger partial charge is 0.241 e. The van der Waals surface area contributed by atoms with Gasteiger partial charge in [-0.15, -0.1) is 0 Å². The molecule has 2 N–H and O–H groups in total. The van der Waals surface area contributed by atoms with Crippen LogP contribution in [0.4, 0.5) is 0 Å². The number of hydrogen-bond donors (Lipinski definition) is 2. The summed E-state index contributed by atoms with van der Waals surface area (Å²) in [5.74, 6) is -0.0259. The number of piperidine rings is 1. The van der Waals surface area contributed by atoms with Gasteiger partial charge in [-0.25, -0.2) is 0 Å². The van der Waals surface area contributed by atoms with Crippen LogP contribution in [0.15, 0.2) is 0 Å². The maximum atomic E-state index is 11.7. The van der Waals surface area contributed by atoms with Crippen LogP contribution in [-0.4, -0.2) is 48.9 Å². The van der Waals surface area contributed by atoms with Crippen LogP contribution in [-0.2, 0) is 9.59 Å². The molecule has 0 radical (unpaired) electrons. The third kappa shape index (κ3) is 6.05. The van der Waals surface area contributed by atoms with Gasteiger partial charge in [0.1, 0.15) is 0 Å². The highest BCUT2D eigenvalue weighted by Gasteiger charge is 2.15. The Morgan fingerprint density at radius 1 is 1.26 bits per heavy atom. The summed E-state index contributed by atoms with van der Waals surface area (Å²) >= 11 is 0. The fourth-order valence-corrected chi connectivity index (χ4v) is 2.43. The largest absolute Gasteiger partial charge is 0.347 e. The van der Waals surface area contributed by atoms with Gasteiger partial charge in [-0.3, -0.25) is 9.59 Å². The van der Waals surface area contributed by atoms with Crippen molar-refractivity contribution >= 4 is 11.8 Å². The highest BCUT2D eigenvalue weighted by Crippen LogP contribution is 2.11. The molecule has 1 aliphatic heterocycles. The lowest BCUT2D eigenvalue weighted by Gasteiger charge is -2.23. The highest BCUT2D eigenvalue weighted by molar-refractivity contribution is 5.84. The van der Waals surface area contributed by atoms with Crippen molar-refractivity contribution in [1.29, 1.82) is 0 Å².